The number of hydrogen-bond acceptors (Lipinski definition) is 25. The van der Waals surface area contributed by atoms with Crippen molar-refractivity contribution >= 4 is 86.4 Å². The number of pyridine rings is 4. The number of amides is 1. The molecule has 6 aromatic carbocycles. The molecule has 0 aliphatic carbocycles. The van der Waals surface area contributed by atoms with E-state index in [0.717, 1.165) is 147 Å². The second-order valence-electron chi connectivity index (χ2n) is 29.9. The molecule has 7 N–H and O–H groups in total. The quantitative estimate of drug-likeness (QED) is 0.0255. The fourth-order valence-corrected chi connectivity index (χ4v) is 13.4. The second kappa shape index (κ2) is 48.1. The number of carbonyl (C=O) groups is 2. The Morgan fingerprint density at radius 1 is 0.472 bits per heavy atom. The van der Waals surface area contributed by atoms with Gasteiger partial charge in [-0.05, 0) is 109 Å². The second-order valence-corrected chi connectivity index (χ2v) is 30.3. The van der Waals surface area contributed by atoms with Crippen molar-refractivity contribution in [1.82, 2.24) is 25.3 Å². The number of nitro groups is 2. The number of aromatic carboxylic acids is 1. The molecule has 16 rings (SSSR count). The van der Waals surface area contributed by atoms with Crippen molar-refractivity contribution in [3.8, 4) is 11.5 Å². The Bertz CT molecular complexity index is 4870. The first-order valence-corrected chi connectivity index (χ1v) is 39.0. The topological polar surface area (TPSA) is 342 Å². The zero-order valence-electron chi connectivity index (χ0n) is 67.4. The number of hydrogen-bond donors (Lipinski definition) is 6. The van der Waals surface area contributed by atoms with Crippen molar-refractivity contribution in [1.29, 1.82) is 0 Å². The third-order valence-electron chi connectivity index (χ3n) is 19.8. The van der Waals surface area contributed by atoms with E-state index in [4.69, 9.17) is 41.4 Å². The summed E-state index contributed by atoms with van der Waals surface area (Å²) in [5, 5.41) is 55.8. The number of phenolic OH excluding ortho intramolecular Hbond substituents is 2. The Hall–Kier alpha value is -11.9. The van der Waals surface area contributed by atoms with Crippen molar-refractivity contribution < 1.29 is 81.0 Å². The number of benzene rings is 6. The number of aromatic hydroxyl groups is 2. The number of para-hydroxylation sites is 4. The van der Waals surface area contributed by atoms with Gasteiger partial charge in [0.25, 0.3) is 17.3 Å². The molecule has 6 aliphatic heterocycles. The van der Waals surface area contributed by atoms with E-state index in [9.17, 15) is 48.8 Å². The molecule has 4 aromatic heterocycles. The predicted octanol–water partition coefficient (Wildman–Crippen LogP) is 16.6. The SMILES string of the molecule is C.C.C.C.CC1(C)COC(c2cc(C(=O)Nc3ccc(N4CCN(c5ccccc5)CC4)nc3)cc(F)c2O)OC1.CC1(C)COC(c2cc(C(=O)O)cc(F)c2O)OC1.Nc1ccc(N2CCN(c3ccccc3)CC2)nc1.O=[N+]([O-])c1ccc(Cl)nc1.O=[N+]([O-])c1ccc(N2CCN(c3ccccc3)CC2)nc1.[Fe].[H+].c1ccc(N2CCNCC2)cc1. The van der Waals surface area contributed by atoms with E-state index in [0.29, 0.717) is 37.8 Å². The van der Waals surface area contributed by atoms with E-state index >= 15 is 0 Å². The summed E-state index contributed by atoms with van der Waals surface area (Å²) in [6, 6.07) is 59.5. The first kappa shape index (κ1) is 99.9. The van der Waals surface area contributed by atoms with Crippen molar-refractivity contribution in [2.45, 2.75) is 70.0 Å². The summed E-state index contributed by atoms with van der Waals surface area (Å²) in [5.74, 6) is -2.31. The number of nitrogens with two attached hydrogens (primary N) is 1. The minimum atomic E-state index is -1.28. The van der Waals surface area contributed by atoms with Crippen LogP contribution >= 0.6 is 11.6 Å². The smallest absolute Gasteiger partial charge is 0.504 e. The Morgan fingerprint density at radius 3 is 1.12 bits per heavy atom. The molecule has 0 saturated carbocycles. The summed E-state index contributed by atoms with van der Waals surface area (Å²) in [5.41, 5.74) is 11.4. The van der Waals surface area contributed by atoms with Gasteiger partial charge in [-0.2, -0.15) is 0 Å². The number of aromatic nitrogens is 4. The van der Waals surface area contributed by atoms with Crippen LogP contribution in [0.1, 0.15) is 103 Å². The van der Waals surface area contributed by atoms with Crippen LogP contribution in [0.15, 0.2) is 219 Å². The van der Waals surface area contributed by atoms with Gasteiger partial charge in [-0.3, -0.25) is 25.0 Å². The van der Waals surface area contributed by atoms with Crippen molar-refractivity contribution in [2.75, 3.05) is 176 Å². The van der Waals surface area contributed by atoms with Crippen LogP contribution in [0.25, 0.3) is 0 Å². The molecule has 0 spiro atoms. The van der Waals surface area contributed by atoms with E-state index in [1.54, 1.807) is 24.5 Å². The molecule has 10 heterocycles. The average Bonchev–Trinajstić information content (AvgIpc) is 0.800. The van der Waals surface area contributed by atoms with E-state index in [2.05, 4.69) is 150 Å². The Labute approximate surface area is 735 Å². The van der Waals surface area contributed by atoms with Gasteiger partial charge in [-0.15, -0.1) is 0 Å². The summed E-state index contributed by atoms with van der Waals surface area (Å²) < 4.78 is 50.1. The van der Waals surface area contributed by atoms with E-state index in [-0.39, 0.29) is 97.8 Å². The maximum Gasteiger partial charge on any atom is 1.00 e. The number of carbonyl (C=O) groups excluding carboxylic acids is 1. The molecule has 33 heteroatoms. The Balaban J connectivity index is 0.000000275. The molecular weight excluding hydrogens is 1640 g/mol. The van der Waals surface area contributed by atoms with Gasteiger partial charge in [0.15, 0.2) is 35.7 Å². The van der Waals surface area contributed by atoms with E-state index in [1.807, 2.05) is 82.3 Å². The van der Waals surface area contributed by atoms with Crippen LogP contribution in [0.4, 0.5) is 71.7 Å². The van der Waals surface area contributed by atoms with Gasteiger partial charge in [0.05, 0.1) is 76.7 Å². The van der Waals surface area contributed by atoms with Crippen molar-refractivity contribution in [3.05, 3.63) is 278 Å². The molecule has 0 bridgehead atoms. The zero-order valence-corrected chi connectivity index (χ0v) is 68.2. The molecule has 1 amide bonds. The minimum absolute atomic E-state index is 0. The fourth-order valence-electron chi connectivity index (χ4n) is 13.2. The molecule has 123 heavy (non-hydrogen) atoms. The molecule has 29 nitrogen and oxygen atoms in total. The number of rotatable bonds is 14. The number of ether oxygens (including phenoxy) is 4. The molecular formula is C90H114ClF2FeN16O13+. The Kier molecular flexibility index (Phi) is 39.1. The summed E-state index contributed by atoms with van der Waals surface area (Å²) in [7, 11) is 0. The summed E-state index contributed by atoms with van der Waals surface area (Å²) in [4.78, 5) is 76.3. The van der Waals surface area contributed by atoms with E-state index in [1.165, 1.54) is 53.2 Å². The average molecular weight is 1760 g/mol. The Morgan fingerprint density at radius 2 is 0.797 bits per heavy atom. The number of carboxylic acid groups (broad SMARTS) is 1. The predicted molar refractivity (Wildman–Crippen MR) is 480 cm³/mol. The van der Waals surface area contributed by atoms with Crippen LogP contribution in [0, 0.1) is 42.7 Å². The number of carboxylic acids is 1. The summed E-state index contributed by atoms with van der Waals surface area (Å²) in [6.07, 6.45) is 3.84. The van der Waals surface area contributed by atoms with Crippen LogP contribution in [0.2, 0.25) is 5.15 Å². The minimum Gasteiger partial charge on any atom is -0.504 e. The molecule has 0 atom stereocenters. The number of anilines is 9. The maximum absolute atomic E-state index is 14.5. The molecule has 0 radical (unpaired) electrons. The van der Waals surface area contributed by atoms with Crippen LogP contribution in [0.5, 0.6) is 11.5 Å². The zero-order chi connectivity index (χ0) is 83.7. The molecule has 10 aromatic rings. The first-order chi connectivity index (χ1) is 56.8. The molecule has 0 unspecified atom stereocenters. The van der Waals surface area contributed by atoms with Gasteiger partial charge >= 0.3 is 7.40 Å². The van der Waals surface area contributed by atoms with Gasteiger partial charge in [0.1, 0.15) is 35.0 Å². The van der Waals surface area contributed by atoms with Crippen LogP contribution in [-0.2, 0) is 36.0 Å². The molecule has 6 aliphatic rings. The van der Waals surface area contributed by atoms with Crippen molar-refractivity contribution in [2.24, 2.45) is 10.8 Å². The third kappa shape index (κ3) is 29.2. The number of nitrogen functional groups attached to an aromatic ring is 1. The van der Waals surface area contributed by atoms with Crippen LogP contribution in [-0.4, -0.2) is 188 Å². The van der Waals surface area contributed by atoms with Gasteiger partial charge in [-0.1, -0.05) is 142 Å². The number of halogens is 3. The standard InChI is InChI=1S/C28H31FN4O4.C15H16N4O2.C15H18N4.C13H15FO5.C10H14N2.C5H3ClN2O2.4CH4.Fe/c1-28(2)17-36-27(37-18-28)22-14-19(15-23(29)25(22)34)26(35)31-20-8-9-24(30-16-20)33-12-10-32(11-13-33)21-6-4-3-5-7-21;20-19(21)14-6-7-15(16-12-14)18-10-8-17(9-11-18)13-4-2-1-3-5-13;16-13-6-7-15(17-12-13)19-10-8-18(9-11-19)14-4-2-1-3-5-14;1-13(2)5-18-12(19-6-13)8-3-7(11(16)17)4-9(14)10(8)15;1-2-4-10(5-3-1)12-8-6-11-7-9-12;6-5-2-1-4(3-7-5)8(9)10;;;;;/h3-9,14-16,27,34H,10-13,17-18H2,1-2H3,(H,31,35);1-7,12H,8-11H2;1-7,12H,8-11,16H2;3-4,12,15H,5-6H2,1-2H3,(H,16,17);1-5,11H,6-9H2;1-3H;4*1H4;/p+1. The van der Waals surface area contributed by atoms with Crippen molar-refractivity contribution in [3.63, 3.8) is 0 Å². The van der Waals surface area contributed by atoms with Gasteiger partial charge < -0.3 is 84.9 Å². The summed E-state index contributed by atoms with van der Waals surface area (Å²) in [6.45, 7) is 24.9. The van der Waals surface area contributed by atoms with Gasteiger partial charge in [0, 0.05) is 173 Å². The molecule has 6 fully saturated rings. The number of nitrogens with zero attached hydrogens (tertiary/aromatic N) is 13. The van der Waals surface area contributed by atoms with E-state index < -0.39 is 57.4 Å². The van der Waals surface area contributed by atoms with Crippen LogP contribution in [0.3, 0.4) is 0 Å². The van der Waals surface area contributed by atoms with Gasteiger partial charge in [-0.25, -0.2) is 33.5 Å². The largest absolute Gasteiger partial charge is 1.00 e. The maximum atomic E-state index is 14.5. The number of piperazine rings is 4. The first-order valence-electron chi connectivity index (χ1n) is 38.6. The molecule has 6 saturated heterocycles. The number of phenols is 2. The normalized spacial score (nSPS) is 15.9. The summed E-state index contributed by atoms with van der Waals surface area (Å²) >= 11 is 5.38. The molecule has 660 valence electrons. The third-order valence-corrected chi connectivity index (χ3v) is 20.0. The fraction of sp³-hybridized carbons (Fsp3) is 0.356. The van der Waals surface area contributed by atoms with Crippen LogP contribution < -0.4 is 50.7 Å². The monoisotopic (exact) mass is 1760 g/mol. The van der Waals surface area contributed by atoms with Gasteiger partial charge in [0.2, 0.25) is 0 Å². The number of nitrogens with one attached hydrogen (secondary N) is 2.